The summed E-state index contributed by atoms with van der Waals surface area (Å²) in [5.74, 6) is -0.146. The van der Waals surface area contributed by atoms with Crippen LogP contribution in [-0.4, -0.2) is 24.1 Å². The fourth-order valence-electron chi connectivity index (χ4n) is 1.68. The number of benzene rings is 1. The number of nitrogens with two attached hydrogens (primary N) is 1. The Bertz CT molecular complexity index is 509. The molecule has 6 nitrogen and oxygen atoms in total. The van der Waals surface area contributed by atoms with Gasteiger partial charge in [0.15, 0.2) is 0 Å². The largest absolute Gasteiger partial charge is 0.444 e. The predicted molar refractivity (Wildman–Crippen MR) is 81.9 cm³/mol. The van der Waals surface area contributed by atoms with Gasteiger partial charge in [-0.15, -0.1) is 0 Å². The molecule has 0 aliphatic rings. The van der Waals surface area contributed by atoms with Gasteiger partial charge < -0.3 is 21.1 Å². The van der Waals surface area contributed by atoms with Crippen LogP contribution in [0, 0.1) is 0 Å². The Labute approximate surface area is 125 Å². The lowest BCUT2D eigenvalue weighted by atomic mass is 10.1. The van der Waals surface area contributed by atoms with Crippen LogP contribution in [0.4, 0.5) is 10.5 Å². The molecule has 0 fully saturated rings. The first-order valence-corrected chi connectivity index (χ1v) is 6.77. The first-order chi connectivity index (χ1) is 9.67. The number of anilines is 1. The summed E-state index contributed by atoms with van der Waals surface area (Å²) >= 11 is 0. The summed E-state index contributed by atoms with van der Waals surface area (Å²) < 4.78 is 5.14. The second-order valence-electron chi connectivity index (χ2n) is 5.80. The van der Waals surface area contributed by atoms with Gasteiger partial charge in [-0.3, -0.25) is 4.79 Å². The topological polar surface area (TPSA) is 93.5 Å². The van der Waals surface area contributed by atoms with E-state index < -0.39 is 11.7 Å². The van der Waals surface area contributed by atoms with Crippen molar-refractivity contribution >= 4 is 17.7 Å². The summed E-state index contributed by atoms with van der Waals surface area (Å²) in [6.07, 6.45) is -0.504. The summed E-state index contributed by atoms with van der Waals surface area (Å²) in [5.41, 5.74) is 6.97. The van der Waals surface area contributed by atoms with Gasteiger partial charge in [-0.2, -0.15) is 0 Å². The average molecular weight is 293 g/mol. The Hall–Kier alpha value is -2.08. The Morgan fingerprint density at radius 2 is 2.00 bits per heavy atom. The van der Waals surface area contributed by atoms with E-state index in [2.05, 4.69) is 10.6 Å². The number of carbonyl (C=O) groups is 2. The van der Waals surface area contributed by atoms with Crippen molar-refractivity contribution in [1.29, 1.82) is 0 Å². The minimum Gasteiger partial charge on any atom is -0.444 e. The molecule has 1 atom stereocenters. The second kappa shape index (κ2) is 7.08. The van der Waals surface area contributed by atoms with Gasteiger partial charge in [-0.1, -0.05) is 12.1 Å². The summed E-state index contributed by atoms with van der Waals surface area (Å²) in [6.45, 7) is 7.07. The van der Waals surface area contributed by atoms with Crippen LogP contribution < -0.4 is 16.4 Å². The molecule has 1 aromatic rings. The zero-order chi connectivity index (χ0) is 16.0. The van der Waals surface area contributed by atoms with Crippen molar-refractivity contribution in [2.75, 3.05) is 11.9 Å². The van der Waals surface area contributed by atoms with Crippen LogP contribution in [0.15, 0.2) is 24.3 Å². The lowest BCUT2D eigenvalue weighted by Crippen LogP contribution is -2.36. The predicted octanol–water partition coefficient (Wildman–Crippen LogP) is 2.17. The number of hydrogen-bond donors (Lipinski definition) is 3. The number of hydrogen-bond acceptors (Lipinski definition) is 4. The van der Waals surface area contributed by atoms with E-state index in [-0.39, 0.29) is 18.5 Å². The highest BCUT2D eigenvalue weighted by Gasteiger charge is 2.17. The number of ether oxygens (including phenoxy) is 1. The smallest absolute Gasteiger partial charge is 0.407 e. The zero-order valence-corrected chi connectivity index (χ0v) is 12.9. The fourth-order valence-corrected chi connectivity index (χ4v) is 1.68. The Morgan fingerprint density at radius 3 is 2.57 bits per heavy atom. The van der Waals surface area contributed by atoms with Crippen molar-refractivity contribution in [3.05, 3.63) is 29.8 Å². The SMILES string of the molecule is CC(=O)Nc1cccc([C@@H](N)CNC(=O)OC(C)(C)C)c1. The normalized spacial score (nSPS) is 12.4. The van der Waals surface area contributed by atoms with E-state index in [1.54, 1.807) is 39.0 Å². The monoisotopic (exact) mass is 293 g/mol. The van der Waals surface area contributed by atoms with Crippen LogP contribution in [0.5, 0.6) is 0 Å². The minimum absolute atomic E-state index is 0.146. The van der Waals surface area contributed by atoms with E-state index in [4.69, 9.17) is 10.5 Å². The van der Waals surface area contributed by atoms with E-state index in [0.29, 0.717) is 5.69 Å². The minimum atomic E-state index is -0.542. The van der Waals surface area contributed by atoms with Gasteiger partial charge in [0.05, 0.1) is 0 Å². The molecule has 0 bridgehead atoms. The molecule has 4 N–H and O–H groups in total. The van der Waals surface area contributed by atoms with Gasteiger partial charge in [-0.25, -0.2) is 4.79 Å². The summed E-state index contributed by atoms with van der Waals surface area (Å²) in [7, 11) is 0. The van der Waals surface area contributed by atoms with Crippen LogP contribution in [0.25, 0.3) is 0 Å². The molecule has 0 radical (unpaired) electrons. The van der Waals surface area contributed by atoms with Crippen molar-refractivity contribution in [2.24, 2.45) is 5.73 Å². The molecule has 0 aliphatic heterocycles. The van der Waals surface area contributed by atoms with Gasteiger partial charge in [-0.05, 0) is 38.5 Å². The second-order valence-corrected chi connectivity index (χ2v) is 5.80. The zero-order valence-electron chi connectivity index (χ0n) is 12.9. The van der Waals surface area contributed by atoms with Gasteiger partial charge >= 0.3 is 6.09 Å². The molecule has 0 saturated heterocycles. The van der Waals surface area contributed by atoms with E-state index in [1.165, 1.54) is 6.92 Å². The standard InChI is InChI=1S/C15H23N3O3/c1-10(19)18-12-7-5-6-11(8-12)13(16)9-17-14(20)21-15(2,3)4/h5-8,13H,9,16H2,1-4H3,(H,17,20)(H,18,19)/t13-/m0/s1. The number of carbonyl (C=O) groups excluding carboxylic acids is 2. The molecule has 0 saturated carbocycles. The quantitative estimate of drug-likeness (QED) is 0.793. The van der Waals surface area contributed by atoms with Crippen molar-refractivity contribution in [1.82, 2.24) is 5.32 Å². The molecule has 116 valence electrons. The third kappa shape index (κ3) is 6.76. The van der Waals surface area contributed by atoms with Crippen molar-refractivity contribution in [2.45, 2.75) is 39.3 Å². The van der Waals surface area contributed by atoms with Gasteiger partial charge in [0.2, 0.25) is 5.91 Å². The van der Waals surface area contributed by atoms with E-state index >= 15 is 0 Å². The number of rotatable bonds is 4. The number of nitrogens with one attached hydrogen (secondary N) is 2. The molecule has 1 aromatic carbocycles. The molecule has 0 unspecified atom stereocenters. The maximum atomic E-state index is 11.6. The molecule has 1 rings (SSSR count). The average Bonchev–Trinajstić information content (AvgIpc) is 2.33. The highest BCUT2D eigenvalue weighted by molar-refractivity contribution is 5.88. The molecule has 0 aromatic heterocycles. The maximum Gasteiger partial charge on any atom is 0.407 e. The Morgan fingerprint density at radius 1 is 1.33 bits per heavy atom. The molecule has 0 aliphatic carbocycles. The molecular weight excluding hydrogens is 270 g/mol. The molecule has 21 heavy (non-hydrogen) atoms. The van der Waals surface area contributed by atoms with E-state index in [0.717, 1.165) is 5.56 Å². The number of amides is 2. The van der Waals surface area contributed by atoms with Crippen molar-refractivity contribution in [3.8, 4) is 0 Å². The van der Waals surface area contributed by atoms with Crippen LogP contribution >= 0.6 is 0 Å². The van der Waals surface area contributed by atoms with Crippen molar-refractivity contribution in [3.63, 3.8) is 0 Å². The Balaban J connectivity index is 2.57. The molecule has 0 spiro atoms. The van der Waals surface area contributed by atoms with Gasteiger partial charge in [0.25, 0.3) is 0 Å². The van der Waals surface area contributed by atoms with Crippen molar-refractivity contribution < 1.29 is 14.3 Å². The highest BCUT2D eigenvalue weighted by atomic mass is 16.6. The first-order valence-electron chi connectivity index (χ1n) is 6.77. The van der Waals surface area contributed by atoms with Gasteiger partial charge in [0.1, 0.15) is 5.60 Å². The first kappa shape index (κ1) is 17.0. The summed E-state index contributed by atoms with van der Waals surface area (Å²) in [5, 5.41) is 5.31. The van der Waals surface area contributed by atoms with E-state index in [1.807, 2.05) is 6.07 Å². The van der Waals surface area contributed by atoms with Gasteiger partial charge in [0, 0.05) is 25.2 Å². The lowest BCUT2D eigenvalue weighted by molar-refractivity contribution is -0.114. The van der Waals surface area contributed by atoms with Crippen LogP contribution in [-0.2, 0) is 9.53 Å². The molecule has 0 heterocycles. The lowest BCUT2D eigenvalue weighted by Gasteiger charge is -2.21. The van der Waals surface area contributed by atoms with Crippen LogP contribution in [0.3, 0.4) is 0 Å². The molecular formula is C15H23N3O3. The van der Waals surface area contributed by atoms with Crippen LogP contribution in [0.1, 0.15) is 39.3 Å². The molecule has 6 heteroatoms. The highest BCUT2D eigenvalue weighted by Crippen LogP contribution is 2.16. The van der Waals surface area contributed by atoms with Crippen LogP contribution in [0.2, 0.25) is 0 Å². The summed E-state index contributed by atoms with van der Waals surface area (Å²) in [6, 6.07) is 6.81. The third-order valence-electron chi connectivity index (χ3n) is 2.50. The number of alkyl carbamates (subject to hydrolysis) is 1. The Kier molecular flexibility index (Phi) is 5.72. The maximum absolute atomic E-state index is 11.6. The summed E-state index contributed by atoms with van der Waals surface area (Å²) in [4.78, 5) is 22.6. The molecule has 2 amide bonds. The fraction of sp³-hybridized carbons (Fsp3) is 0.467. The third-order valence-corrected chi connectivity index (χ3v) is 2.50. The van der Waals surface area contributed by atoms with E-state index in [9.17, 15) is 9.59 Å².